The lowest BCUT2D eigenvalue weighted by Gasteiger charge is -2.13. The van der Waals surface area contributed by atoms with Crippen LogP contribution in [-0.2, 0) is 27.9 Å². The van der Waals surface area contributed by atoms with Gasteiger partial charge in [-0.05, 0) is 18.1 Å². The number of nitrogens with one attached hydrogen (secondary N) is 3. The van der Waals surface area contributed by atoms with Gasteiger partial charge in [0.2, 0.25) is 10.0 Å². The van der Waals surface area contributed by atoms with Gasteiger partial charge in [-0.25, -0.2) is 13.1 Å². The number of guanidine groups is 1. The molecule has 0 aliphatic heterocycles. The third-order valence-corrected chi connectivity index (χ3v) is 4.76. The van der Waals surface area contributed by atoms with E-state index in [0.717, 1.165) is 5.56 Å². The van der Waals surface area contributed by atoms with Crippen molar-refractivity contribution in [2.24, 2.45) is 4.99 Å². The van der Waals surface area contributed by atoms with Gasteiger partial charge in [0, 0.05) is 26.7 Å². The third-order valence-electron chi connectivity index (χ3n) is 3.36. The first-order valence-electron chi connectivity index (χ1n) is 8.29. The van der Waals surface area contributed by atoms with Crippen molar-refractivity contribution in [3.05, 3.63) is 35.4 Å². The number of hydrogen-bond acceptors (Lipinski definition) is 4. The second kappa shape index (κ2) is 13.2. The number of nitrogens with zero attached hydrogens (tertiary/aromatic N) is 1. The average molecular weight is 538 g/mol. The molecule has 0 saturated heterocycles. The number of hydrogen-bond donors (Lipinski definition) is 3. The summed E-state index contributed by atoms with van der Waals surface area (Å²) >= 11 is 0. The fourth-order valence-corrected chi connectivity index (χ4v) is 2.55. The Morgan fingerprint density at radius 1 is 1.11 bits per heavy atom. The zero-order valence-electron chi connectivity index (χ0n) is 15.7. The molecule has 1 aromatic carbocycles. The first-order valence-corrected chi connectivity index (χ1v) is 9.94. The summed E-state index contributed by atoms with van der Waals surface area (Å²) in [6.45, 7) is 1.24. The summed E-state index contributed by atoms with van der Waals surface area (Å²) < 4.78 is 65.8. The minimum Gasteiger partial charge on any atom is -0.367 e. The van der Waals surface area contributed by atoms with Crippen molar-refractivity contribution < 1.29 is 26.3 Å². The Labute approximate surface area is 180 Å². The zero-order valence-corrected chi connectivity index (χ0v) is 18.8. The first-order chi connectivity index (χ1) is 12.6. The SMILES string of the molecule is CCS(=O)(=O)NCCNC(=NC)NCc1ccc(COCC(F)(F)F)cc1.I. The number of aliphatic imine (C=N–C) groups is 1. The van der Waals surface area contributed by atoms with E-state index in [1.165, 1.54) is 0 Å². The molecule has 0 saturated carbocycles. The number of benzene rings is 1. The lowest BCUT2D eigenvalue weighted by molar-refractivity contribution is -0.176. The quantitative estimate of drug-likeness (QED) is 0.184. The summed E-state index contributed by atoms with van der Waals surface area (Å²) in [5.74, 6) is 0.528. The molecule has 28 heavy (non-hydrogen) atoms. The van der Waals surface area contributed by atoms with Gasteiger partial charge in [-0.15, -0.1) is 24.0 Å². The summed E-state index contributed by atoms with van der Waals surface area (Å²) in [5.41, 5.74) is 1.55. The number of sulfonamides is 1. The molecule has 0 aliphatic rings. The van der Waals surface area contributed by atoms with Gasteiger partial charge in [-0.2, -0.15) is 13.2 Å². The van der Waals surface area contributed by atoms with Gasteiger partial charge >= 0.3 is 6.18 Å². The molecule has 0 radical (unpaired) electrons. The van der Waals surface area contributed by atoms with Crippen LogP contribution < -0.4 is 15.4 Å². The molecule has 0 heterocycles. The van der Waals surface area contributed by atoms with E-state index < -0.39 is 22.8 Å². The van der Waals surface area contributed by atoms with Crippen molar-refractivity contribution in [3.63, 3.8) is 0 Å². The summed E-state index contributed by atoms with van der Waals surface area (Å²) in [6, 6.07) is 6.95. The molecular formula is C16H26F3IN4O3S. The van der Waals surface area contributed by atoms with Crippen LogP contribution in [0.25, 0.3) is 0 Å². The van der Waals surface area contributed by atoms with Crippen molar-refractivity contribution in [1.29, 1.82) is 0 Å². The Morgan fingerprint density at radius 2 is 1.71 bits per heavy atom. The van der Waals surface area contributed by atoms with Gasteiger partial charge in [-0.3, -0.25) is 4.99 Å². The molecule has 0 unspecified atom stereocenters. The molecule has 0 bridgehead atoms. The molecule has 0 aliphatic carbocycles. The van der Waals surface area contributed by atoms with Crippen LogP contribution in [0, 0.1) is 0 Å². The topological polar surface area (TPSA) is 91.8 Å². The number of halogens is 4. The highest BCUT2D eigenvalue weighted by Gasteiger charge is 2.27. The van der Waals surface area contributed by atoms with E-state index in [4.69, 9.17) is 0 Å². The molecule has 0 atom stereocenters. The summed E-state index contributed by atoms with van der Waals surface area (Å²) in [7, 11) is -1.63. The highest BCUT2D eigenvalue weighted by atomic mass is 127. The highest BCUT2D eigenvalue weighted by Crippen LogP contribution is 2.15. The first kappa shape index (κ1) is 26.9. The van der Waals surface area contributed by atoms with Crippen LogP contribution in [0.15, 0.2) is 29.3 Å². The zero-order chi connectivity index (χ0) is 20.3. The molecule has 0 aromatic heterocycles. The fourth-order valence-electron chi connectivity index (χ4n) is 1.93. The Bertz CT molecular complexity index is 698. The van der Waals surface area contributed by atoms with Gasteiger partial charge < -0.3 is 15.4 Å². The number of rotatable bonds is 10. The van der Waals surface area contributed by atoms with E-state index >= 15 is 0 Å². The van der Waals surface area contributed by atoms with Crippen LogP contribution >= 0.6 is 24.0 Å². The van der Waals surface area contributed by atoms with Gasteiger partial charge in [0.25, 0.3) is 0 Å². The molecule has 3 N–H and O–H groups in total. The average Bonchev–Trinajstić information content (AvgIpc) is 2.61. The maximum Gasteiger partial charge on any atom is 0.411 e. The van der Waals surface area contributed by atoms with Crippen LogP contribution in [0.5, 0.6) is 0 Å². The van der Waals surface area contributed by atoms with Crippen molar-refractivity contribution in [2.45, 2.75) is 26.3 Å². The summed E-state index contributed by atoms with van der Waals surface area (Å²) in [5, 5.41) is 6.04. The maximum atomic E-state index is 12.0. The normalized spacial score (nSPS) is 12.4. The standard InChI is InChI=1S/C16H25F3N4O3S.HI/c1-3-27(24,25)23-9-8-21-15(20-2)22-10-13-4-6-14(7-5-13)11-26-12-16(17,18)19;/h4-7,23H,3,8-12H2,1-2H3,(H2,20,21,22);1H. The van der Waals surface area contributed by atoms with Crippen molar-refractivity contribution in [1.82, 2.24) is 15.4 Å². The van der Waals surface area contributed by atoms with E-state index in [1.807, 2.05) is 0 Å². The fraction of sp³-hybridized carbons (Fsp3) is 0.562. The second-order valence-electron chi connectivity index (χ2n) is 5.57. The van der Waals surface area contributed by atoms with Gasteiger partial charge in [0.1, 0.15) is 6.61 Å². The summed E-state index contributed by atoms with van der Waals surface area (Å²) in [6.07, 6.45) is -4.33. The predicted octanol–water partition coefficient (Wildman–Crippen LogP) is 1.99. The second-order valence-corrected chi connectivity index (χ2v) is 7.67. The minimum absolute atomic E-state index is 0. The molecule has 1 aromatic rings. The van der Waals surface area contributed by atoms with E-state index in [0.29, 0.717) is 24.6 Å². The monoisotopic (exact) mass is 538 g/mol. The van der Waals surface area contributed by atoms with E-state index in [-0.39, 0.29) is 42.9 Å². The summed E-state index contributed by atoms with van der Waals surface area (Å²) in [4.78, 5) is 4.03. The minimum atomic E-state index is -4.33. The molecule has 0 fully saturated rings. The molecule has 0 amide bonds. The van der Waals surface area contributed by atoms with Crippen molar-refractivity contribution in [3.8, 4) is 0 Å². The molecule has 162 valence electrons. The maximum absolute atomic E-state index is 12.0. The molecule has 0 spiro atoms. The molecule has 12 heteroatoms. The Morgan fingerprint density at radius 3 is 2.25 bits per heavy atom. The Hall–Kier alpha value is -1.12. The van der Waals surface area contributed by atoms with E-state index in [9.17, 15) is 21.6 Å². The van der Waals surface area contributed by atoms with Crippen LogP contribution in [0.2, 0.25) is 0 Å². The van der Waals surface area contributed by atoms with Gasteiger partial charge in [-0.1, -0.05) is 24.3 Å². The van der Waals surface area contributed by atoms with Crippen LogP contribution in [0.3, 0.4) is 0 Å². The third kappa shape index (κ3) is 12.4. The molecule has 1 rings (SSSR count). The highest BCUT2D eigenvalue weighted by molar-refractivity contribution is 14.0. The Balaban J connectivity index is 0.00000729. The number of alkyl halides is 3. The van der Waals surface area contributed by atoms with E-state index in [2.05, 4.69) is 25.1 Å². The lowest BCUT2D eigenvalue weighted by atomic mass is 10.1. The lowest BCUT2D eigenvalue weighted by Crippen LogP contribution is -2.41. The predicted molar refractivity (Wildman–Crippen MR) is 113 cm³/mol. The van der Waals surface area contributed by atoms with Crippen LogP contribution in [-0.4, -0.2) is 53.1 Å². The van der Waals surface area contributed by atoms with Gasteiger partial charge in [0.15, 0.2) is 5.96 Å². The smallest absolute Gasteiger partial charge is 0.367 e. The molecule has 7 nitrogen and oxygen atoms in total. The van der Waals surface area contributed by atoms with Crippen LogP contribution in [0.4, 0.5) is 13.2 Å². The van der Waals surface area contributed by atoms with Gasteiger partial charge in [0.05, 0.1) is 12.4 Å². The number of ether oxygens (including phenoxy) is 1. The largest absolute Gasteiger partial charge is 0.411 e. The van der Waals surface area contributed by atoms with E-state index in [1.54, 1.807) is 38.2 Å². The Kier molecular flexibility index (Phi) is 12.6. The van der Waals surface area contributed by atoms with Crippen molar-refractivity contribution >= 4 is 40.0 Å². The van der Waals surface area contributed by atoms with Crippen LogP contribution in [0.1, 0.15) is 18.1 Å². The molecular weight excluding hydrogens is 512 g/mol. The van der Waals surface area contributed by atoms with Crippen molar-refractivity contribution in [2.75, 3.05) is 32.5 Å².